The van der Waals surface area contributed by atoms with Gasteiger partial charge >= 0.3 is 0 Å². The van der Waals surface area contributed by atoms with Gasteiger partial charge in [-0.25, -0.2) is 4.90 Å². The third-order valence-electron chi connectivity index (χ3n) is 6.35. The highest BCUT2D eigenvalue weighted by Gasteiger charge is 2.39. The van der Waals surface area contributed by atoms with E-state index in [0.717, 1.165) is 21.7 Å². The number of benzene rings is 4. The zero-order chi connectivity index (χ0) is 27.5. The summed E-state index contributed by atoms with van der Waals surface area (Å²) in [6, 6.07) is 28.1. The highest BCUT2D eigenvalue weighted by Crippen LogP contribution is 2.32. The second-order valence-electron chi connectivity index (χ2n) is 8.95. The number of carbonyl (C=O) groups is 3. The lowest BCUT2D eigenvalue weighted by Crippen LogP contribution is -2.32. The van der Waals surface area contributed by atoms with Crippen molar-refractivity contribution in [3.8, 4) is 11.5 Å². The Morgan fingerprint density at radius 1 is 0.795 bits per heavy atom. The van der Waals surface area contributed by atoms with Crippen LogP contribution in [0.1, 0.15) is 21.5 Å². The van der Waals surface area contributed by atoms with Crippen molar-refractivity contribution >= 4 is 46.4 Å². The van der Waals surface area contributed by atoms with Crippen LogP contribution in [0.25, 0.3) is 0 Å². The maximum Gasteiger partial charge on any atom is 0.283 e. The zero-order valence-electron chi connectivity index (χ0n) is 21.2. The van der Waals surface area contributed by atoms with Gasteiger partial charge in [0.1, 0.15) is 22.2 Å². The van der Waals surface area contributed by atoms with Crippen molar-refractivity contribution in [1.82, 2.24) is 0 Å². The van der Waals surface area contributed by atoms with Crippen molar-refractivity contribution in [2.75, 3.05) is 15.5 Å². The normalized spacial score (nSPS) is 13.1. The predicted molar refractivity (Wildman–Crippen MR) is 152 cm³/mol. The van der Waals surface area contributed by atoms with Crippen LogP contribution in [0.4, 0.5) is 17.1 Å². The fraction of sp³-hybridized carbons (Fsp3) is 0.0645. The van der Waals surface area contributed by atoms with E-state index in [1.54, 1.807) is 48.5 Å². The van der Waals surface area contributed by atoms with Crippen LogP contribution in [0, 0.1) is 13.8 Å². The fourth-order valence-corrected chi connectivity index (χ4v) is 4.31. The number of nitrogens with one attached hydrogen (secondary N) is 2. The Kier molecular flexibility index (Phi) is 7.17. The SMILES string of the molecule is Cc1cccc(NC(=O)c2cccc(NC3=C(Cl)C(=O)N(c4ccc(Oc5ccccc5)cc4)C3=O)c2)c1C. The summed E-state index contributed by atoms with van der Waals surface area (Å²) in [6.07, 6.45) is 0. The van der Waals surface area contributed by atoms with E-state index in [-0.39, 0.29) is 16.6 Å². The Labute approximate surface area is 230 Å². The van der Waals surface area contributed by atoms with Crippen LogP contribution < -0.4 is 20.3 Å². The molecule has 7 nitrogen and oxygen atoms in total. The first kappa shape index (κ1) is 25.8. The molecule has 2 N–H and O–H groups in total. The Hall–Kier alpha value is -4.88. The number of halogens is 1. The summed E-state index contributed by atoms with van der Waals surface area (Å²) in [5.74, 6) is -0.338. The molecule has 0 radical (unpaired) electrons. The molecule has 0 atom stereocenters. The monoisotopic (exact) mass is 537 g/mol. The minimum atomic E-state index is -0.648. The maximum absolute atomic E-state index is 13.2. The Balaban J connectivity index is 1.30. The number of ether oxygens (including phenoxy) is 1. The van der Waals surface area contributed by atoms with Gasteiger partial charge in [0, 0.05) is 16.9 Å². The molecule has 4 aromatic carbocycles. The van der Waals surface area contributed by atoms with E-state index in [9.17, 15) is 14.4 Å². The number of para-hydroxylation sites is 1. The van der Waals surface area contributed by atoms with Gasteiger partial charge in [0.2, 0.25) is 0 Å². The standard InChI is InChI=1S/C31H24ClN3O4/c1-19-8-6-13-26(20(19)2)34-29(36)21-9-7-10-22(18-21)33-28-27(32)30(37)35(31(28)38)23-14-16-25(17-15-23)39-24-11-4-3-5-12-24/h3-18,33H,1-2H3,(H,34,36). The lowest BCUT2D eigenvalue weighted by Gasteiger charge is -2.16. The highest BCUT2D eigenvalue weighted by atomic mass is 35.5. The lowest BCUT2D eigenvalue weighted by atomic mass is 10.1. The Morgan fingerprint density at radius 2 is 1.49 bits per heavy atom. The first-order chi connectivity index (χ1) is 18.8. The molecule has 0 unspecified atom stereocenters. The molecule has 0 saturated heterocycles. The highest BCUT2D eigenvalue weighted by molar-refractivity contribution is 6.53. The second-order valence-corrected chi connectivity index (χ2v) is 9.33. The smallest absolute Gasteiger partial charge is 0.283 e. The number of amides is 3. The first-order valence-corrected chi connectivity index (χ1v) is 12.6. The van der Waals surface area contributed by atoms with E-state index >= 15 is 0 Å². The third-order valence-corrected chi connectivity index (χ3v) is 6.70. The van der Waals surface area contributed by atoms with Crippen molar-refractivity contribution in [1.29, 1.82) is 0 Å². The van der Waals surface area contributed by atoms with E-state index in [4.69, 9.17) is 16.3 Å². The van der Waals surface area contributed by atoms with E-state index < -0.39 is 11.8 Å². The summed E-state index contributed by atoms with van der Waals surface area (Å²) < 4.78 is 5.78. The first-order valence-electron chi connectivity index (χ1n) is 12.2. The molecule has 0 aliphatic carbocycles. The maximum atomic E-state index is 13.2. The van der Waals surface area contributed by atoms with Crippen LogP contribution in [0.2, 0.25) is 0 Å². The summed E-state index contributed by atoms with van der Waals surface area (Å²) in [5, 5.41) is 5.60. The number of rotatable bonds is 7. The average molecular weight is 538 g/mol. The third kappa shape index (κ3) is 5.39. The van der Waals surface area contributed by atoms with Gasteiger partial charge in [0.25, 0.3) is 17.7 Å². The van der Waals surface area contributed by atoms with Crippen LogP contribution in [0.5, 0.6) is 11.5 Å². The molecule has 0 saturated carbocycles. The van der Waals surface area contributed by atoms with Crippen molar-refractivity contribution in [2.24, 2.45) is 0 Å². The van der Waals surface area contributed by atoms with E-state index in [0.29, 0.717) is 28.4 Å². The van der Waals surface area contributed by atoms with Crippen LogP contribution in [-0.4, -0.2) is 17.7 Å². The lowest BCUT2D eigenvalue weighted by molar-refractivity contribution is -0.120. The van der Waals surface area contributed by atoms with Gasteiger partial charge in [-0.3, -0.25) is 14.4 Å². The summed E-state index contributed by atoms with van der Waals surface area (Å²) in [6.45, 7) is 3.92. The molecule has 1 heterocycles. The molecule has 1 aliphatic rings. The fourth-order valence-electron chi connectivity index (χ4n) is 4.10. The van der Waals surface area contributed by atoms with Crippen molar-refractivity contribution < 1.29 is 19.1 Å². The topological polar surface area (TPSA) is 87.7 Å². The molecule has 4 aromatic rings. The average Bonchev–Trinajstić information content (AvgIpc) is 3.15. The molecule has 5 rings (SSSR count). The number of aryl methyl sites for hydroxylation is 1. The molecule has 194 valence electrons. The number of hydrogen-bond acceptors (Lipinski definition) is 5. The van der Waals surface area contributed by atoms with E-state index in [2.05, 4.69) is 10.6 Å². The van der Waals surface area contributed by atoms with E-state index in [1.165, 1.54) is 0 Å². The largest absolute Gasteiger partial charge is 0.457 e. The van der Waals surface area contributed by atoms with Gasteiger partial charge in [-0.15, -0.1) is 0 Å². The van der Waals surface area contributed by atoms with Crippen molar-refractivity contribution in [2.45, 2.75) is 13.8 Å². The Bertz CT molecular complexity index is 1610. The zero-order valence-corrected chi connectivity index (χ0v) is 22.0. The van der Waals surface area contributed by atoms with Crippen LogP contribution in [-0.2, 0) is 9.59 Å². The summed E-state index contributed by atoms with van der Waals surface area (Å²) in [7, 11) is 0. The number of nitrogens with zero attached hydrogens (tertiary/aromatic N) is 1. The molecule has 3 amide bonds. The molecule has 39 heavy (non-hydrogen) atoms. The van der Waals surface area contributed by atoms with Gasteiger partial charge in [-0.2, -0.15) is 0 Å². The summed E-state index contributed by atoms with van der Waals surface area (Å²) in [4.78, 5) is 40.0. The van der Waals surface area contributed by atoms with Crippen molar-refractivity contribution in [3.05, 3.63) is 124 Å². The predicted octanol–water partition coefficient (Wildman–Crippen LogP) is 6.78. The van der Waals surface area contributed by atoms with Gasteiger partial charge in [0.05, 0.1) is 5.69 Å². The quantitative estimate of drug-likeness (QED) is 0.254. The summed E-state index contributed by atoms with van der Waals surface area (Å²) in [5.41, 5.74) is 3.85. The molecular weight excluding hydrogens is 514 g/mol. The molecule has 0 fully saturated rings. The van der Waals surface area contributed by atoms with Crippen LogP contribution in [0.15, 0.2) is 108 Å². The molecular formula is C31H24ClN3O4. The summed E-state index contributed by atoms with van der Waals surface area (Å²) >= 11 is 6.30. The second kappa shape index (κ2) is 10.8. The number of anilines is 3. The van der Waals surface area contributed by atoms with Gasteiger partial charge in [-0.05, 0) is 85.6 Å². The van der Waals surface area contributed by atoms with Crippen LogP contribution >= 0.6 is 11.6 Å². The Morgan fingerprint density at radius 3 is 2.23 bits per heavy atom. The number of imide groups is 1. The van der Waals surface area contributed by atoms with Crippen LogP contribution in [0.3, 0.4) is 0 Å². The van der Waals surface area contributed by atoms with E-state index in [1.807, 2.05) is 62.4 Å². The molecule has 8 heteroatoms. The molecule has 0 spiro atoms. The van der Waals surface area contributed by atoms with Crippen molar-refractivity contribution in [3.63, 3.8) is 0 Å². The van der Waals surface area contributed by atoms with Gasteiger partial charge < -0.3 is 15.4 Å². The molecule has 0 bridgehead atoms. The van der Waals surface area contributed by atoms with Gasteiger partial charge in [-0.1, -0.05) is 48.0 Å². The minimum Gasteiger partial charge on any atom is -0.457 e. The number of hydrogen-bond donors (Lipinski definition) is 2. The molecule has 0 aromatic heterocycles. The molecule has 1 aliphatic heterocycles. The number of carbonyl (C=O) groups excluding carboxylic acids is 3. The van der Waals surface area contributed by atoms with Gasteiger partial charge in [0.15, 0.2) is 0 Å². The minimum absolute atomic E-state index is 0.0710.